The Morgan fingerprint density at radius 2 is 1.89 bits per heavy atom. The number of rotatable bonds is 8. The van der Waals surface area contributed by atoms with E-state index in [1.807, 2.05) is 24.3 Å². The number of aromatic amines is 1. The van der Waals surface area contributed by atoms with Crippen LogP contribution in [0, 0.1) is 0 Å². The van der Waals surface area contributed by atoms with Crippen LogP contribution < -0.4 is 5.32 Å². The average Bonchev–Trinajstić information content (AvgIpc) is 2.75. The summed E-state index contributed by atoms with van der Waals surface area (Å²) < 4.78 is 0. The smallest absolute Gasteiger partial charge is 0.0705 e. The van der Waals surface area contributed by atoms with Gasteiger partial charge in [-0.1, -0.05) is 42.6 Å². The highest BCUT2D eigenvalue weighted by Crippen LogP contribution is 2.26. The van der Waals surface area contributed by atoms with Gasteiger partial charge in [0.2, 0.25) is 0 Å². The lowest BCUT2D eigenvalue weighted by Crippen LogP contribution is -2.15. The maximum absolute atomic E-state index is 8.68. The van der Waals surface area contributed by atoms with E-state index < -0.39 is 0 Å². The second-order valence-corrected chi connectivity index (χ2v) is 5.16. The Labute approximate surface area is 119 Å². The minimum Gasteiger partial charge on any atom is -0.396 e. The Bertz CT molecular complexity index is 510. The number of halogens is 1. The lowest BCUT2D eigenvalue weighted by atomic mass is 10.2. The van der Waals surface area contributed by atoms with Crippen LogP contribution in [0.1, 0.15) is 31.4 Å². The van der Waals surface area contributed by atoms with E-state index >= 15 is 0 Å². The molecule has 0 fully saturated rings. The molecule has 19 heavy (non-hydrogen) atoms. The van der Waals surface area contributed by atoms with Crippen LogP contribution in [-0.2, 0) is 6.54 Å². The molecule has 2 rings (SSSR count). The standard InChI is InChI=1S/C15H21ClN2O/c16-15-12-7-3-4-8-13(12)18-14(15)11-17-9-5-1-2-6-10-19/h3-4,7-8,17-19H,1-2,5-6,9-11H2. The maximum atomic E-state index is 8.68. The first kappa shape index (κ1) is 14.4. The van der Waals surface area contributed by atoms with Gasteiger partial charge in [0.25, 0.3) is 0 Å². The molecule has 1 aromatic carbocycles. The predicted molar refractivity (Wildman–Crippen MR) is 80.6 cm³/mol. The van der Waals surface area contributed by atoms with Gasteiger partial charge in [0, 0.05) is 29.7 Å². The first-order valence-corrected chi connectivity index (χ1v) is 7.27. The third-order valence-corrected chi connectivity index (χ3v) is 3.71. The summed E-state index contributed by atoms with van der Waals surface area (Å²) in [5.74, 6) is 0. The normalized spacial score (nSPS) is 11.3. The summed E-state index contributed by atoms with van der Waals surface area (Å²) in [5, 5.41) is 14.0. The molecule has 3 nitrogen and oxygen atoms in total. The molecule has 0 aliphatic carbocycles. The highest BCUT2D eigenvalue weighted by molar-refractivity contribution is 6.36. The van der Waals surface area contributed by atoms with E-state index in [4.69, 9.17) is 16.7 Å². The van der Waals surface area contributed by atoms with Crippen molar-refractivity contribution in [3.63, 3.8) is 0 Å². The van der Waals surface area contributed by atoms with E-state index in [0.717, 1.165) is 60.4 Å². The number of aromatic nitrogens is 1. The SMILES string of the molecule is OCCCCCCNCc1[nH]c2ccccc2c1Cl. The molecule has 2 aromatic rings. The van der Waals surface area contributed by atoms with E-state index in [1.165, 1.54) is 0 Å². The molecule has 0 spiro atoms. The van der Waals surface area contributed by atoms with Crippen LogP contribution in [0.2, 0.25) is 5.02 Å². The fourth-order valence-electron chi connectivity index (χ4n) is 2.21. The van der Waals surface area contributed by atoms with E-state index in [0.29, 0.717) is 6.61 Å². The molecule has 3 N–H and O–H groups in total. The Kier molecular flexibility index (Phi) is 5.70. The van der Waals surface area contributed by atoms with Gasteiger partial charge in [0.05, 0.1) is 5.02 Å². The molecule has 0 amide bonds. The van der Waals surface area contributed by atoms with Gasteiger partial charge in [0.15, 0.2) is 0 Å². The van der Waals surface area contributed by atoms with Crippen molar-refractivity contribution in [1.82, 2.24) is 10.3 Å². The number of H-pyrrole nitrogens is 1. The number of benzene rings is 1. The first-order chi connectivity index (χ1) is 9.33. The van der Waals surface area contributed by atoms with Crippen molar-refractivity contribution in [1.29, 1.82) is 0 Å². The van der Waals surface area contributed by atoms with Crippen LogP contribution >= 0.6 is 11.6 Å². The van der Waals surface area contributed by atoms with Crippen molar-refractivity contribution in [2.75, 3.05) is 13.2 Å². The number of para-hydroxylation sites is 1. The van der Waals surface area contributed by atoms with Gasteiger partial charge in [-0.3, -0.25) is 0 Å². The highest BCUT2D eigenvalue weighted by Gasteiger charge is 2.07. The lowest BCUT2D eigenvalue weighted by Gasteiger charge is -2.03. The van der Waals surface area contributed by atoms with Crippen LogP contribution in [0.4, 0.5) is 0 Å². The Morgan fingerprint density at radius 3 is 2.68 bits per heavy atom. The van der Waals surface area contributed by atoms with Crippen LogP contribution in [0.5, 0.6) is 0 Å². The van der Waals surface area contributed by atoms with Gasteiger partial charge in [-0.2, -0.15) is 0 Å². The minimum absolute atomic E-state index is 0.304. The number of nitrogens with one attached hydrogen (secondary N) is 2. The summed E-state index contributed by atoms with van der Waals surface area (Å²) in [7, 11) is 0. The van der Waals surface area contributed by atoms with Crippen LogP contribution in [0.3, 0.4) is 0 Å². The topological polar surface area (TPSA) is 48.0 Å². The summed E-state index contributed by atoms with van der Waals surface area (Å²) in [4.78, 5) is 3.35. The summed E-state index contributed by atoms with van der Waals surface area (Å²) in [6.45, 7) is 2.06. The van der Waals surface area contributed by atoms with Crippen LogP contribution in [0.25, 0.3) is 10.9 Å². The van der Waals surface area contributed by atoms with Crippen molar-refractivity contribution < 1.29 is 5.11 Å². The minimum atomic E-state index is 0.304. The summed E-state index contributed by atoms with van der Waals surface area (Å²) in [6.07, 6.45) is 4.31. The van der Waals surface area contributed by atoms with Crippen molar-refractivity contribution in [2.45, 2.75) is 32.2 Å². The quantitative estimate of drug-likeness (QED) is 0.649. The van der Waals surface area contributed by atoms with Crippen molar-refractivity contribution >= 4 is 22.5 Å². The summed E-state index contributed by atoms with van der Waals surface area (Å²) >= 11 is 6.34. The van der Waals surface area contributed by atoms with Gasteiger partial charge in [0.1, 0.15) is 0 Å². The van der Waals surface area contributed by atoms with Crippen molar-refractivity contribution in [3.8, 4) is 0 Å². The third-order valence-electron chi connectivity index (χ3n) is 3.28. The molecule has 0 aliphatic rings. The molecule has 0 saturated carbocycles. The molecule has 1 heterocycles. The molecule has 0 unspecified atom stereocenters. The second-order valence-electron chi connectivity index (χ2n) is 4.78. The molecule has 0 atom stereocenters. The number of hydrogen-bond donors (Lipinski definition) is 3. The molecule has 104 valence electrons. The maximum Gasteiger partial charge on any atom is 0.0705 e. The van der Waals surface area contributed by atoms with Gasteiger partial charge in [-0.05, 0) is 25.5 Å². The van der Waals surface area contributed by atoms with Gasteiger partial charge < -0.3 is 15.4 Å². The molecule has 0 bridgehead atoms. The fraction of sp³-hybridized carbons (Fsp3) is 0.467. The summed E-state index contributed by atoms with van der Waals surface area (Å²) in [5.41, 5.74) is 2.14. The number of fused-ring (bicyclic) bond motifs is 1. The lowest BCUT2D eigenvalue weighted by molar-refractivity contribution is 0.282. The van der Waals surface area contributed by atoms with E-state index in [2.05, 4.69) is 10.3 Å². The highest BCUT2D eigenvalue weighted by atomic mass is 35.5. The second kappa shape index (κ2) is 7.53. The monoisotopic (exact) mass is 280 g/mol. The Balaban J connectivity index is 1.77. The molecule has 0 saturated heterocycles. The zero-order valence-corrected chi connectivity index (χ0v) is 11.8. The molecular formula is C15H21ClN2O. The molecule has 1 aromatic heterocycles. The molecule has 4 heteroatoms. The zero-order chi connectivity index (χ0) is 13.5. The predicted octanol–water partition coefficient (Wildman–Crippen LogP) is 3.46. The van der Waals surface area contributed by atoms with Gasteiger partial charge in [-0.25, -0.2) is 0 Å². The number of hydrogen-bond acceptors (Lipinski definition) is 2. The molecule has 0 aliphatic heterocycles. The van der Waals surface area contributed by atoms with Crippen LogP contribution in [-0.4, -0.2) is 23.2 Å². The number of aliphatic hydroxyl groups excluding tert-OH is 1. The van der Waals surface area contributed by atoms with Crippen molar-refractivity contribution in [3.05, 3.63) is 35.0 Å². The number of unbranched alkanes of at least 4 members (excludes halogenated alkanes) is 3. The first-order valence-electron chi connectivity index (χ1n) is 6.89. The van der Waals surface area contributed by atoms with Crippen molar-refractivity contribution in [2.24, 2.45) is 0 Å². The summed E-state index contributed by atoms with van der Waals surface area (Å²) in [6, 6.07) is 8.08. The number of aliphatic hydroxyl groups is 1. The van der Waals surface area contributed by atoms with Crippen LogP contribution in [0.15, 0.2) is 24.3 Å². The Hall–Kier alpha value is -1.03. The zero-order valence-electron chi connectivity index (χ0n) is 11.1. The van der Waals surface area contributed by atoms with Gasteiger partial charge in [-0.15, -0.1) is 0 Å². The van der Waals surface area contributed by atoms with Gasteiger partial charge >= 0.3 is 0 Å². The molecular weight excluding hydrogens is 260 g/mol. The average molecular weight is 281 g/mol. The largest absolute Gasteiger partial charge is 0.396 e. The third kappa shape index (κ3) is 3.96. The molecule has 0 radical (unpaired) electrons. The van der Waals surface area contributed by atoms with E-state index in [-0.39, 0.29) is 0 Å². The van der Waals surface area contributed by atoms with E-state index in [9.17, 15) is 0 Å². The van der Waals surface area contributed by atoms with E-state index in [1.54, 1.807) is 0 Å². The Morgan fingerprint density at radius 1 is 1.11 bits per heavy atom. The fourth-order valence-corrected chi connectivity index (χ4v) is 2.49.